The molecule has 4 heteroatoms. The number of carboxylic acids is 1. The molecule has 0 spiro atoms. The second kappa shape index (κ2) is 7.53. The van der Waals surface area contributed by atoms with Gasteiger partial charge in [-0.25, -0.2) is 0 Å². The van der Waals surface area contributed by atoms with Crippen LogP contribution in [0.3, 0.4) is 0 Å². The molecule has 0 radical (unpaired) electrons. The zero-order chi connectivity index (χ0) is 13.7. The number of aliphatic hydroxyl groups is 1. The van der Waals surface area contributed by atoms with E-state index in [0.717, 1.165) is 48.0 Å². The maximum atomic E-state index is 10.4. The fourth-order valence-electron chi connectivity index (χ4n) is 3.83. The standard InChI is InChI=1S/C15H26O3S/c16-10-9-12-11(13-7-8-14(12)19-13)5-3-1-2-4-6-15(17)18/h11-14,16H,1-10H2,(H,17,18)/t11-,12+,13-,14+/m1/s1. The fourth-order valence-corrected chi connectivity index (χ4v) is 5.90. The molecule has 4 atom stereocenters. The average Bonchev–Trinajstić information content (AvgIpc) is 2.95. The Bertz CT molecular complexity index is 295. The lowest BCUT2D eigenvalue weighted by Gasteiger charge is -2.29. The lowest BCUT2D eigenvalue weighted by atomic mass is 9.75. The molecule has 0 saturated carbocycles. The number of carbonyl (C=O) groups is 1. The Labute approximate surface area is 120 Å². The first-order chi connectivity index (χ1) is 9.22. The number of thioether (sulfide) groups is 1. The van der Waals surface area contributed by atoms with Crippen molar-refractivity contribution in [1.82, 2.24) is 0 Å². The van der Waals surface area contributed by atoms with Crippen molar-refractivity contribution in [3.63, 3.8) is 0 Å². The molecule has 0 aromatic heterocycles. The predicted octanol–water partition coefficient (Wildman–Crippen LogP) is 3.30. The summed E-state index contributed by atoms with van der Waals surface area (Å²) in [6.07, 6.45) is 9.58. The molecule has 2 N–H and O–H groups in total. The molecule has 2 fully saturated rings. The maximum Gasteiger partial charge on any atom is 0.303 e. The van der Waals surface area contributed by atoms with Gasteiger partial charge in [0.1, 0.15) is 0 Å². The molecule has 0 amide bonds. The molecule has 19 heavy (non-hydrogen) atoms. The van der Waals surface area contributed by atoms with E-state index >= 15 is 0 Å². The third-order valence-corrected chi connectivity index (χ3v) is 6.60. The van der Waals surface area contributed by atoms with Gasteiger partial charge in [0, 0.05) is 23.5 Å². The zero-order valence-corrected chi connectivity index (χ0v) is 12.4. The maximum absolute atomic E-state index is 10.4. The van der Waals surface area contributed by atoms with Gasteiger partial charge in [-0.1, -0.05) is 19.3 Å². The molecule has 110 valence electrons. The Balaban J connectivity index is 1.63. The molecule has 2 bridgehead atoms. The van der Waals surface area contributed by atoms with Gasteiger partial charge in [0.2, 0.25) is 0 Å². The fraction of sp³-hybridized carbons (Fsp3) is 0.933. The summed E-state index contributed by atoms with van der Waals surface area (Å²) in [6.45, 7) is 0.337. The first-order valence-electron chi connectivity index (χ1n) is 7.70. The van der Waals surface area contributed by atoms with Crippen molar-refractivity contribution in [2.75, 3.05) is 6.61 Å². The molecule has 0 aliphatic carbocycles. The van der Waals surface area contributed by atoms with Crippen molar-refractivity contribution in [2.24, 2.45) is 11.8 Å². The Morgan fingerprint density at radius 3 is 2.26 bits per heavy atom. The third kappa shape index (κ3) is 4.12. The largest absolute Gasteiger partial charge is 0.481 e. The molecule has 2 heterocycles. The van der Waals surface area contributed by atoms with Crippen LogP contribution >= 0.6 is 11.8 Å². The zero-order valence-electron chi connectivity index (χ0n) is 11.6. The smallest absolute Gasteiger partial charge is 0.303 e. The monoisotopic (exact) mass is 286 g/mol. The van der Waals surface area contributed by atoms with Gasteiger partial charge in [0.25, 0.3) is 0 Å². The topological polar surface area (TPSA) is 57.5 Å². The minimum Gasteiger partial charge on any atom is -0.481 e. The molecule has 2 saturated heterocycles. The van der Waals surface area contributed by atoms with Crippen molar-refractivity contribution in [2.45, 2.75) is 68.3 Å². The summed E-state index contributed by atoms with van der Waals surface area (Å²) in [5, 5.41) is 19.4. The van der Waals surface area contributed by atoms with E-state index in [-0.39, 0.29) is 0 Å². The van der Waals surface area contributed by atoms with Crippen LogP contribution in [0, 0.1) is 11.8 Å². The highest BCUT2D eigenvalue weighted by Crippen LogP contribution is 2.55. The molecule has 3 nitrogen and oxygen atoms in total. The van der Waals surface area contributed by atoms with Gasteiger partial charge in [-0.05, 0) is 43.9 Å². The Kier molecular flexibility index (Phi) is 6.02. The van der Waals surface area contributed by atoms with Crippen molar-refractivity contribution >= 4 is 17.7 Å². The summed E-state index contributed by atoms with van der Waals surface area (Å²) in [5.74, 6) is 0.885. The number of hydrogen-bond donors (Lipinski definition) is 2. The van der Waals surface area contributed by atoms with E-state index in [1.165, 1.54) is 25.7 Å². The van der Waals surface area contributed by atoms with E-state index in [9.17, 15) is 9.90 Å². The summed E-state index contributed by atoms with van der Waals surface area (Å²) < 4.78 is 0. The van der Waals surface area contributed by atoms with E-state index in [0.29, 0.717) is 13.0 Å². The summed E-state index contributed by atoms with van der Waals surface area (Å²) in [7, 11) is 0. The van der Waals surface area contributed by atoms with Crippen LogP contribution in [0.15, 0.2) is 0 Å². The van der Waals surface area contributed by atoms with Gasteiger partial charge < -0.3 is 10.2 Å². The minimum absolute atomic E-state index is 0.317. The van der Waals surface area contributed by atoms with Crippen LogP contribution in [-0.4, -0.2) is 33.3 Å². The highest BCUT2D eigenvalue weighted by molar-refractivity contribution is 8.01. The first kappa shape index (κ1) is 15.2. The van der Waals surface area contributed by atoms with Crippen LogP contribution in [-0.2, 0) is 4.79 Å². The normalized spacial score (nSPS) is 32.9. The highest BCUT2D eigenvalue weighted by atomic mass is 32.2. The van der Waals surface area contributed by atoms with Crippen LogP contribution in [0.2, 0.25) is 0 Å². The van der Waals surface area contributed by atoms with Crippen LogP contribution in [0.25, 0.3) is 0 Å². The van der Waals surface area contributed by atoms with E-state index in [2.05, 4.69) is 11.8 Å². The SMILES string of the molecule is O=C(O)CCCCCC[C@@H]1[C@H](CCO)[C@@H]2CC[C@H]1S2. The summed E-state index contributed by atoms with van der Waals surface area (Å²) >= 11 is 2.17. The second-order valence-electron chi connectivity index (χ2n) is 5.98. The van der Waals surface area contributed by atoms with Gasteiger partial charge in [0.15, 0.2) is 0 Å². The summed E-state index contributed by atoms with van der Waals surface area (Å²) in [6, 6.07) is 0. The Morgan fingerprint density at radius 1 is 1.00 bits per heavy atom. The molecule has 2 aliphatic rings. The van der Waals surface area contributed by atoms with Crippen LogP contribution in [0.5, 0.6) is 0 Å². The van der Waals surface area contributed by atoms with Gasteiger partial charge >= 0.3 is 5.97 Å². The van der Waals surface area contributed by atoms with Gasteiger partial charge in [-0.2, -0.15) is 11.8 Å². The van der Waals surface area contributed by atoms with E-state index < -0.39 is 5.97 Å². The minimum atomic E-state index is -0.674. The number of fused-ring (bicyclic) bond motifs is 2. The predicted molar refractivity (Wildman–Crippen MR) is 78.4 cm³/mol. The van der Waals surface area contributed by atoms with Gasteiger partial charge in [-0.15, -0.1) is 0 Å². The van der Waals surface area contributed by atoms with Crippen LogP contribution in [0.1, 0.15) is 57.8 Å². The van der Waals surface area contributed by atoms with E-state index in [1.54, 1.807) is 0 Å². The Morgan fingerprint density at radius 2 is 1.63 bits per heavy atom. The number of hydrogen-bond acceptors (Lipinski definition) is 3. The van der Waals surface area contributed by atoms with Crippen molar-refractivity contribution < 1.29 is 15.0 Å². The number of unbranched alkanes of at least 4 members (excludes halogenated alkanes) is 3. The number of carboxylic acid groups (broad SMARTS) is 1. The number of aliphatic carboxylic acids is 1. The average molecular weight is 286 g/mol. The third-order valence-electron chi connectivity index (χ3n) is 4.73. The molecule has 2 rings (SSSR count). The van der Waals surface area contributed by atoms with Crippen LogP contribution < -0.4 is 0 Å². The number of aliphatic hydroxyl groups excluding tert-OH is 1. The summed E-state index contributed by atoms with van der Waals surface area (Å²) in [5.41, 5.74) is 0. The van der Waals surface area contributed by atoms with Crippen molar-refractivity contribution in [3.8, 4) is 0 Å². The van der Waals surface area contributed by atoms with Crippen molar-refractivity contribution in [1.29, 1.82) is 0 Å². The first-order valence-corrected chi connectivity index (χ1v) is 8.64. The van der Waals surface area contributed by atoms with Gasteiger partial charge in [0.05, 0.1) is 0 Å². The van der Waals surface area contributed by atoms with Crippen molar-refractivity contribution in [3.05, 3.63) is 0 Å². The molecule has 0 unspecified atom stereocenters. The lowest BCUT2D eigenvalue weighted by molar-refractivity contribution is -0.137. The second-order valence-corrected chi connectivity index (χ2v) is 7.46. The molecular formula is C15H26O3S. The van der Waals surface area contributed by atoms with Crippen LogP contribution in [0.4, 0.5) is 0 Å². The quantitative estimate of drug-likeness (QED) is 0.639. The molecule has 0 aromatic carbocycles. The highest BCUT2D eigenvalue weighted by Gasteiger charge is 2.46. The summed E-state index contributed by atoms with van der Waals surface area (Å²) in [4.78, 5) is 10.4. The molecular weight excluding hydrogens is 260 g/mol. The Hall–Kier alpha value is -0.220. The van der Waals surface area contributed by atoms with E-state index in [1.807, 2.05) is 0 Å². The van der Waals surface area contributed by atoms with Gasteiger partial charge in [-0.3, -0.25) is 4.79 Å². The van der Waals surface area contributed by atoms with E-state index in [4.69, 9.17) is 5.11 Å². The number of rotatable bonds is 9. The lowest BCUT2D eigenvalue weighted by Crippen LogP contribution is -2.28. The molecule has 0 aromatic rings. The molecule has 2 aliphatic heterocycles.